The summed E-state index contributed by atoms with van der Waals surface area (Å²) in [6.07, 6.45) is 7.57. The SMILES string of the molecule is C=CCCCCC[C@H](C)OC(C)=O. The number of carbonyl (C=O) groups excluding carboxylic acids is 1. The van der Waals surface area contributed by atoms with Crippen molar-refractivity contribution in [2.24, 2.45) is 0 Å². The van der Waals surface area contributed by atoms with E-state index >= 15 is 0 Å². The Bertz CT molecular complexity index is 152. The summed E-state index contributed by atoms with van der Waals surface area (Å²) in [5.41, 5.74) is 0. The van der Waals surface area contributed by atoms with Crippen LogP contribution in [0.25, 0.3) is 0 Å². The fraction of sp³-hybridized carbons (Fsp3) is 0.727. The number of rotatable bonds is 7. The summed E-state index contributed by atoms with van der Waals surface area (Å²) in [7, 11) is 0. The lowest BCUT2D eigenvalue weighted by molar-refractivity contribution is -0.145. The van der Waals surface area contributed by atoms with Crippen LogP contribution in [0.1, 0.15) is 46.0 Å². The van der Waals surface area contributed by atoms with E-state index in [1.54, 1.807) is 0 Å². The zero-order chi connectivity index (χ0) is 10.1. The third-order valence-corrected chi connectivity index (χ3v) is 1.89. The highest BCUT2D eigenvalue weighted by molar-refractivity contribution is 5.66. The fourth-order valence-corrected chi connectivity index (χ4v) is 1.24. The van der Waals surface area contributed by atoms with E-state index in [-0.39, 0.29) is 12.1 Å². The van der Waals surface area contributed by atoms with Crippen molar-refractivity contribution < 1.29 is 9.53 Å². The molecule has 2 heteroatoms. The standard InChI is InChI=1S/C11H20O2/c1-4-5-6-7-8-9-10(2)13-11(3)12/h4,10H,1,5-9H2,2-3H3/t10-/m0/s1. The maximum absolute atomic E-state index is 10.6. The molecule has 0 N–H and O–H groups in total. The third-order valence-electron chi connectivity index (χ3n) is 1.89. The number of allylic oxidation sites excluding steroid dienone is 1. The molecule has 0 aliphatic carbocycles. The van der Waals surface area contributed by atoms with Crippen molar-refractivity contribution in [2.75, 3.05) is 0 Å². The van der Waals surface area contributed by atoms with Gasteiger partial charge in [-0.1, -0.05) is 12.5 Å². The van der Waals surface area contributed by atoms with Crippen molar-refractivity contribution in [1.82, 2.24) is 0 Å². The molecule has 0 aliphatic heterocycles. The van der Waals surface area contributed by atoms with Crippen molar-refractivity contribution in [3.63, 3.8) is 0 Å². The van der Waals surface area contributed by atoms with Crippen LogP contribution in [-0.4, -0.2) is 12.1 Å². The molecule has 13 heavy (non-hydrogen) atoms. The molecule has 0 aromatic carbocycles. The van der Waals surface area contributed by atoms with Gasteiger partial charge in [0.25, 0.3) is 0 Å². The molecule has 0 radical (unpaired) electrons. The molecule has 0 amide bonds. The Hall–Kier alpha value is -0.790. The summed E-state index contributed by atoms with van der Waals surface area (Å²) < 4.78 is 5.00. The van der Waals surface area contributed by atoms with Crippen LogP contribution in [-0.2, 0) is 9.53 Å². The first-order valence-electron chi connectivity index (χ1n) is 4.95. The minimum atomic E-state index is -0.182. The Labute approximate surface area is 81.0 Å². The van der Waals surface area contributed by atoms with E-state index in [0.29, 0.717) is 0 Å². The molecule has 0 bridgehead atoms. The van der Waals surface area contributed by atoms with E-state index in [0.717, 1.165) is 19.3 Å². The second kappa shape index (κ2) is 7.84. The molecule has 0 heterocycles. The normalized spacial score (nSPS) is 12.2. The molecule has 0 rings (SSSR count). The number of carbonyl (C=O) groups is 1. The lowest BCUT2D eigenvalue weighted by atomic mass is 10.1. The summed E-state index contributed by atoms with van der Waals surface area (Å²) in [6.45, 7) is 7.06. The van der Waals surface area contributed by atoms with Crippen LogP contribution in [0.4, 0.5) is 0 Å². The Morgan fingerprint density at radius 3 is 2.69 bits per heavy atom. The van der Waals surface area contributed by atoms with Gasteiger partial charge in [-0.25, -0.2) is 0 Å². The Kier molecular flexibility index (Phi) is 7.36. The average Bonchev–Trinajstić information content (AvgIpc) is 2.02. The summed E-state index contributed by atoms with van der Waals surface area (Å²) in [5.74, 6) is -0.182. The first-order valence-corrected chi connectivity index (χ1v) is 4.95. The van der Waals surface area contributed by atoms with E-state index in [2.05, 4.69) is 6.58 Å². The fourth-order valence-electron chi connectivity index (χ4n) is 1.24. The smallest absolute Gasteiger partial charge is 0.302 e. The van der Waals surface area contributed by atoms with Gasteiger partial charge in [-0.05, 0) is 32.6 Å². The van der Waals surface area contributed by atoms with Gasteiger partial charge in [0.15, 0.2) is 0 Å². The second-order valence-corrected chi connectivity index (χ2v) is 3.35. The molecule has 1 atom stereocenters. The van der Waals surface area contributed by atoms with E-state index in [4.69, 9.17) is 4.74 Å². The molecule has 0 aromatic rings. The van der Waals surface area contributed by atoms with Gasteiger partial charge in [0.1, 0.15) is 0 Å². The van der Waals surface area contributed by atoms with Crippen molar-refractivity contribution in [1.29, 1.82) is 0 Å². The number of esters is 1. The van der Waals surface area contributed by atoms with Gasteiger partial charge < -0.3 is 4.74 Å². The van der Waals surface area contributed by atoms with Crippen LogP contribution < -0.4 is 0 Å². The van der Waals surface area contributed by atoms with Crippen molar-refractivity contribution in [2.45, 2.75) is 52.1 Å². The molecule has 2 nitrogen and oxygen atoms in total. The first kappa shape index (κ1) is 12.2. The van der Waals surface area contributed by atoms with Gasteiger partial charge in [0.05, 0.1) is 6.10 Å². The zero-order valence-corrected chi connectivity index (χ0v) is 8.71. The minimum Gasteiger partial charge on any atom is -0.463 e. The van der Waals surface area contributed by atoms with E-state index < -0.39 is 0 Å². The van der Waals surface area contributed by atoms with Gasteiger partial charge in [0, 0.05) is 6.92 Å². The minimum absolute atomic E-state index is 0.0706. The number of unbranched alkanes of at least 4 members (excludes halogenated alkanes) is 3. The van der Waals surface area contributed by atoms with Gasteiger partial charge in [-0.3, -0.25) is 4.79 Å². The average molecular weight is 184 g/mol. The number of hydrogen-bond acceptors (Lipinski definition) is 2. The summed E-state index contributed by atoms with van der Waals surface area (Å²) in [4.78, 5) is 10.6. The molecule has 0 saturated carbocycles. The highest BCUT2D eigenvalue weighted by atomic mass is 16.5. The molecule has 0 saturated heterocycles. The predicted molar refractivity (Wildman–Crippen MR) is 54.5 cm³/mol. The lowest BCUT2D eigenvalue weighted by Crippen LogP contribution is -2.11. The molecule has 0 fully saturated rings. The van der Waals surface area contributed by atoms with Crippen LogP contribution in [0.5, 0.6) is 0 Å². The molecule has 0 aliphatic rings. The summed E-state index contributed by atoms with van der Waals surface area (Å²) >= 11 is 0. The zero-order valence-electron chi connectivity index (χ0n) is 8.71. The maximum Gasteiger partial charge on any atom is 0.302 e. The quantitative estimate of drug-likeness (QED) is 0.345. The summed E-state index contributed by atoms with van der Waals surface area (Å²) in [6, 6.07) is 0. The van der Waals surface area contributed by atoms with Crippen molar-refractivity contribution in [3.05, 3.63) is 12.7 Å². The van der Waals surface area contributed by atoms with E-state index in [9.17, 15) is 4.79 Å². The van der Waals surface area contributed by atoms with E-state index in [1.807, 2.05) is 13.0 Å². The Morgan fingerprint density at radius 1 is 1.46 bits per heavy atom. The van der Waals surface area contributed by atoms with Gasteiger partial charge in [0.2, 0.25) is 0 Å². The molecular weight excluding hydrogens is 164 g/mol. The van der Waals surface area contributed by atoms with E-state index in [1.165, 1.54) is 19.8 Å². The van der Waals surface area contributed by atoms with Crippen LogP contribution in [0, 0.1) is 0 Å². The van der Waals surface area contributed by atoms with Crippen molar-refractivity contribution >= 4 is 5.97 Å². The van der Waals surface area contributed by atoms with Gasteiger partial charge in [-0.2, -0.15) is 0 Å². The molecule has 0 unspecified atom stereocenters. The Morgan fingerprint density at radius 2 is 2.15 bits per heavy atom. The topological polar surface area (TPSA) is 26.3 Å². The Balaban J connectivity index is 3.21. The molecule has 0 aromatic heterocycles. The highest BCUT2D eigenvalue weighted by Crippen LogP contribution is 2.08. The summed E-state index contributed by atoms with van der Waals surface area (Å²) in [5, 5.41) is 0. The number of ether oxygens (including phenoxy) is 1. The van der Waals surface area contributed by atoms with Crippen LogP contribution in [0.2, 0.25) is 0 Å². The highest BCUT2D eigenvalue weighted by Gasteiger charge is 2.03. The van der Waals surface area contributed by atoms with Gasteiger partial charge >= 0.3 is 5.97 Å². The first-order chi connectivity index (χ1) is 6.16. The number of hydrogen-bond donors (Lipinski definition) is 0. The molecular formula is C11H20O2. The second-order valence-electron chi connectivity index (χ2n) is 3.35. The van der Waals surface area contributed by atoms with Crippen LogP contribution in [0.3, 0.4) is 0 Å². The predicted octanol–water partition coefficient (Wildman–Crippen LogP) is 3.07. The largest absolute Gasteiger partial charge is 0.463 e. The van der Waals surface area contributed by atoms with Crippen molar-refractivity contribution in [3.8, 4) is 0 Å². The maximum atomic E-state index is 10.6. The molecule has 76 valence electrons. The lowest BCUT2D eigenvalue weighted by Gasteiger charge is -2.10. The molecule has 0 spiro atoms. The monoisotopic (exact) mass is 184 g/mol. The van der Waals surface area contributed by atoms with Crippen LogP contribution >= 0.6 is 0 Å². The van der Waals surface area contributed by atoms with Gasteiger partial charge in [-0.15, -0.1) is 6.58 Å². The third kappa shape index (κ3) is 9.12. The van der Waals surface area contributed by atoms with Crippen LogP contribution in [0.15, 0.2) is 12.7 Å².